The van der Waals surface area contributed by atoms with E-state index in [-0.39, 0.29) is 11.7 Å². The predicted molar refractivity (Wildman–Crippen MR) is 126 cm³/mol. The number of imide groups is 1. The molecule has 2 aromatic heterocycles. The van der Waals surface area contributed by atoms with Crippen molar-refractivity contribution < 1.29 is 9.59 Å². The first kappa shape index (κ1) is 23.5. The van der Waals surface area contributed by atoms with Gasteiger partial charge in [0.15, 0.2) is 11.0 Å². The number of urea groups is 1. The molecule has 0 spiro atoms. The van der Waals surface area contributed by atoms with E-state index in [9.17, 15) is 9.59 Å². The molecule has 0 aliphatic carbocycles. The van der Waals surface area contributed by atoms with Crippen molar-refractivity contribution in [1.29, 1.82) is 0 Å². The Morgan fingerprint density at radius 2 is 1.78 bits per heavy atom. The van der Waals surface area contributed by atoms with E-state index in [1.807, 2.05) is 23.6 Å². The van der Waals surface area contributed by atoms with Crippen LogP contribution in [0.4, 0.5) is 4.79 Å². The molecule has 0 aliphatic heterocycles. The maximum absolute atomic E-state index is 12.3. The van der Waals surface area contributed by atoms with Crippen LogP contribution in [0.2, 0.25) is 0 Å². The first-order valence-electron chi connectivity index (χ1n) is 10.8. The highest BCUT2D eigenvalue weighted by Crippen LogP contribution is 2.32. The Hall–Kier alpha value is -3.20. The fourth-order valence-electron chi connectivity index (χ4n) is 3.32. The van der Waals surface area contributed by atoms with Crippen molar-refractivity contribution in [3.63, 3.8) is 0 Å². The molecular formula is C23H28N6O2S. The van der Waals surface area contributed by atoms with E-state index in [2.05, 4.69) is 57.9 Å². The van der Waals surface area contributed by atoms with Crippen molar-refractivity contribution in [2.24, 2.45) is 0 Å². The summed E-state index contributed by atoms with van der Waals surface area (Å²) in [5, 5.41) is 14.4. The molecule has 3 rings (SSSR count). The Labute approximate surface area is 192 Å². The smallest absolute Gasteiger partial charge is 0.321 e. The van der Waals surface area contributed by atoms with Gasteiger partial charge < -0.3 is 5.32 Å². The number of carbonyl (C=O) groups excluding carboxylic acids is 2. The maximum atomic E-state index is 12.3. The Morgan fingerprint density at radius 3 is 2.41 bits per heavy atom. The van der Waals surface area contributed by atoms with E-state index < -0.39 is 6.03 Å². The summed E-state index contributed by atoms with van der Waals surface area (Å²) in [4.78, 5) is 28.3. The molecule has 2 heterocycles. The van der Waals surface area contributed by atoms with Gasteiger partial charge in [-0.3, -0.25) is 19.7 Å². The quantitative estimate of drug-likeness (QED) is 0.479. The van der Waals surface area contributed by atoms with Gasteiger partial charge in [0.1, 0.15) is 0 Å². The summed E-state index contributed by atoms with van der Waals surface area (Å²) in [7, 11) is 0. The lowest BCUT2D eigenvalue weighted by Gasteiger charge is -2.17. The van der Waals surface area contributed by atoms with Gasteiger partial charge >= 0.3 is 6.03 Å². The number of carbonyl (C=O) groups is 2. The number of aromatic nitrogens is 4. The third kappa shape index (κ3) is 5.53. The second-order valence-corrected chi connectivity index (χ2v) is 8.05. The van der Waals surface area contributed by atoms with Crippen molar-refractivity contribution in [2.75, 3.05) is 12.3 Å². The molecule has 168 valence electrons. The van der Waals surface area contributed by atoms with Crippen molar-refractivity contribution in [3.8, 4) is 17.1 Å². The zero-order chi connectivity index (χ0) is 22.9. The Kier molecular flexibility index (Phi) is 8.38. The summed E-state index contributed by atoms with van der Waals surface area (Å²) >= 11 is 1.25. The summed E-state index contributed by atoms with van der Waals surface area (Å²) in [5.41, 5.74) is 4.20. The zero-order valence-electron chi connectivity index (χ0n) is 18.6. The number of aryl methyl sites for hydroxylation is 2. The van der Waals surface area contributed by atoms with E-state index in [1.165, 1.54) is 22.9 Å². The number of amides is 3. The summed E-state index contributed by atoms with van der Waals surface area (Å²) in [5.74, 6) is 0.318. The fourth-order valence-corrected chi connectivity index (χ4v) is 4.06. The van der Waals surface area contributed by atoms with Crippen molar-refractivity contribution in [2.45, 2.75) is 45.2 Å². The number of rotatable bonds is 9. The number of hydrogen-bond acceptors (Lipinski definition) is 6. The molecule has 8 nitrogen and oxygen atoms in total. The molecule has 2 N–H and O–H groups in total. The molecule has 0 saturated heterocycles. The molecule has 9 heteroatoms. The van der Waals surface area contributed by atoms with E-state index >= 15 is 0 Å². The van der Waals surface area contributed by atoms with E-state index in [4.69, 9.17) is 0 Å². The highest BCUT2D eigenvalue weighted by Gasteiger charge is 2.21. The van der Waals surface area contributed by atoms with Crippen LogP contribution in [0.1, 0.15) is 38.3 Å². The summed E-state index contributed by atoms with van der Waals surface area (Å²) in [6.45, 7) is 6.69. The third-order valence-corrected chi connectivity index (χ3v) is 5.79. The molecule has 0 atom stereocenters. The highest BCUT2D eigenvalue weighted by atomic mass is 32.2. The number of hydrogen-bond donors (Lipinski definition) is 2. The normalized spacial score (nSPS) is 10.7. The zero-order valence-corrected chi connectivity index (χ0v) is 19.4. The summed E-state index contributed by atoms with van der Waals surface area (Å²) in [6, 6.07) is 9.56. The van der Waals surface area contributed by atoms with Crippen molar-refractivity contribution >= 4 is 23.7 Å². The van der Waals surface area contributed by atoms with Gasteiger partial charge in [0.2, 0.25) is 5.91 Å². The second-order valence-electron chi connectivity index (χ2n) is 7.11. The topological polar surface area (TPSA) is 102 Å². The monoisotopic (exact) mass is 452 g/mol. The van der Waals surface area contributed by atoms with Crippen LogP contribution in [0.15, 0.2) is 47.9 Å². The lowest BCUT2D eigenvalue weighted by molar-refractivity contribution is -0.117. The van der Waals surface area contributed by atoms with Gasteiger partial charge in [-0.25, -0.2) is 4.79 Å². The highest BCUT2D eigenvalue weighted by molar-refractivity contribution is 7.99. The van der Waals surface area contributed by atoms with Gasteiger partial charge in [0, 0.05) is 24.5 Å². The summed E-state index contributed by atoms with van der Waals surface area (Å²) in [6.07, 6.45) is 5.95. The Balaban J connectivity index is 1.96. The molecule has 1 aromatic carbocycles. The second kappa shape index (κ2) is 11.4. The van der Waals surface area contributed by atoms with Gasteiger partial charge in [0.25, 0.3) is 0 Å². The average Bonchev–Trinajstić information content (AvgIpc) is 3.24. The number of pyridine rings is 1. The molecule has 3 amide bonds. The maximum Gasteiger partial charge on any atom is 0.321 e. The minimum Gasteiger partial charge on any atom is -0.338 e. The van der Waals surface area contributed by atoms with Crippen LogP contribution in [0.3, 0.4) is 0 Å². The molecule has 0 saturated carbocycles. The van der Waals surface area contributed by atoms with Gasteiger partial charge in [-0.2, -0.15) is 0 Å². The number of para-hydroxylation sites is 1. The van der Waals surface area contributed by atoms with Crippen LogP contribution in [-0.2, 0) is 17.6 Å². The predicted octanol–water partition coefficient (Wildman–Crippen LogP) is 3.78. The molecular weight excluding hydrogens is 424 g/mol. The van der Waals surface area contributed by atoms with Crippen LogP contribution < -0.4 is 10.6 Å². The number of nitrogens with zero attached hydrogens (tertiary/aromatic N) is 4. The molecule has 0 unspecified atom stereocenters. The van der Waals surface area contributed by atoms with E-state index in [1.54, 1.807) is 12.4 Å². The molecule has 3 aromatic rings. The van der Waals surface area contributed by atoms with Crippen LogP contribution in [0.25, 0.3) is 17.1 Å². The molecule has 32 heavy (non-hydrogen) atoms. The van der Waals surface area contributed by atoms with Crippen LogP contribution in [0, 0.1) is 0 Å². The Morgan fingerprint density at radius 1 is 1.03 bits per heavy atom. The fraction of sp³-hybridized carbons (Fsp3) is 0.348. The van der Waals surface area contributed by atoms with Crippen LogP contribution >= 0.6 is 11.8 Å². The number of thioether (sulfide) groups is 1. The van der Waals surface area contributed by atoms with E-state index in [0.717, 1.165) is 30.5 Å². The lowest BCUT2D eigenvalue weighted by Crippen LogP contribution is -2.40. The molecule has 0 fully saturated rings. The first-order chi connectivity index (χ1) is 15.6. The minimum atomic E-state index is -0.487. The van der Waals surface area contributed by atoms with E-state index in [0.29, 0.717) is 17.5 Å². The largest absolute Gasteiger partial charge is 0.338 e. The lowest BCUT2D eigenvalue weighted by atomic mass is 10.0. The number of benzene rings is 1. The third-order valence-electron chi connectivity index (χ3n) is 4.86. The van der Waals surface area contributed by atoms with Gasteiger partial charge in [-0.15, -0.1) is 10.2 Å². The Bertz CT molecular complexity index is 1050. The van der Waals surface area contributed by atoms with Crippen LogP contribution in [-0.4, -0.2) is 44.0 Å². The van der Waals surface area contributed by atoms with Gasteiger partial charge in [-0.05, 0) is 42.5 Å². The standard InChI is InChI=1S/C23H28N6O2S/c1-4-12-25-22(31)26-19(30)15-32-23-28-27-21(18-11-8-13-24-14-18)29(23)20-16(5-2)9-7-10-17(20)6-3/h7-11,13-14H,4-6,12,15H2,1-3H3,(H2,25,26,30,31). The van der Waals surface area contributed by atoms with Gasteiger partial charge in [0.05, 0.1) is 11.4 Å². The first-order valence-corrected chi connectivity index (χ1v) is 11.7. The molecule has 0 radical (unpaired) electrons. The van der Waals surface area contributed by atoms with Crippen molar-refractivity contribution in [3.05, 3.63) is 53.9 Å². The molecule has 0 bridgehead atoms. The van der Waals surface area contributed by atoms with Crippen molar-refractivity contribution in [1.82, 2.24) is 30.4 Å². The molecule has 0 aliphatic rings. The van der Waals surface area contributed by atoms with Gasteiger partial charge in [-0.1, -0.05) is 50.7 Å². The average molecular weight is 453 g/mol. The van der Waals surface area contributed by atoms with Crippen LogP contribution in [0.5, 0.6) is 0 Å². The number of nitrogens with one attached hydrogen (secondary N) is 2. The minimum absolute atomic E-state index is 0.0421. The SMILES string of the molecule is CCCNC(=O)NC(=O)CSc1nnc(-c2cccnc2)n1-c1c(CC)cccc1CC. The summed E-state index contributed by atoms with van der Waals surface area (Å²) < 4.78 is 2.00.